The number of nitrogens with one attached hydrogen (secondary N) is 1. The minimum atomic E-state index is 0.448. The Morgan fingerprint density at radius 2 is 2.31 bits per heavy atom. The van der Waals surface area contributed by atoms with Gasteiger partial charge in [0.25, 0.3) is 0 Å². The van der Waals surface area contributed by atoms with Crippen LogP contribution in [0.2, 0.25) is 5.02 Å². The van der Waals surface area contributed by atoms with Crippen molar-refractivity contribution in [3.63, 3.8) is 0 Å². The van der Waals surface area contributed by atoms with E-state index in [-0.39, 0.29) is 0 Å². The van der Waals surface area contributed by atoms with Crippen molar-refractivity contribution in [1.82, 2.24) is 9.38 Å². The number of halogens is 1. The van der Waals surface area contributed by atoms with Crippen LogP contribution in [0.5, 0.6) is 0 Å². The van der Waals surface area contributed by atoms with Crippen molar-refractivity contribution in [2.75, 3.05) is 5.32 Å². The third-order valence-electron chi connectivity index (χ3n) is 2.59. The second kappa shape index (κ2) is 4.74. The molecule has 1 atom stereocenters. The molecular weight excluding hydrogens is 222 g/mol. The summed E-state index contributed by atoms with van der Waals surface area (Å²) >= 11 is 5.97. The average molecular weight is 238 g/mol. The van der Waals surface area contributed by atoms with Gasteiger partial charge in [-0.3, -0.25) is 4.40 Å². The van der Waals surface area contributed by atoms with Gasteiger partial charge in [-0.15, -0.1) is 0 Å². The van der Waals surface area contributed by atoms with Gasteiger partial charge in [-0.25, -0.2) is 4.98 Å². The van der Waals surface area contributed by atoms with Crippen LogP contribution in [0.3, 0.4) is 0 Å². The Balaban J connectivity index is 2.27. The van der Waals surface area contributed by atoms with E-state index in [0.717, 1.165) is 22.9 Å². The summed E-state index contributed by atoms with van der Waals surface area (Å²) in [4.78, 5) is 4.31. The number of imidazole rings is 1. The first-order chi connectivity index (χ1) is 7.70. The molecule has 0 saturated carbocycles. The number of hydrogen-bond acceptors (Lipinski definition) is 2. The number of rotatable bonds is 4. The van der Waals surface area contributed by atoms with Gasteiger partial charge in [-0.05, 0) is 25.5 Å². The highest BCUT2D eigenvalue weighted by Crippen LogP contribution is 2.17. The zero-order valence-electron chi connectivity index (χ0n) is 9.57. The maximum Gasteiger partial charge on any atom is 0.138 e. The standard InChI is InChI=1S/C12H16ClN3/c1-3-4-9(2)15-12-7-14-11-6-5-10(13)8-16(11)12/h5-9,15H,3-4H2,1-2H3. The van der Waals surface area contributed by atoms with Gasteiger partial charge in [0.2, 0.25) is 0 Å². The van der Waals surface area contributed by atoms with Gasteiger partial charge in [0.05, 0.1) is 11.2 Å². The monoisotopic (exact) mass is 237 g/mol. The molecule has 1 N–H and O–H groups in total. The Bertz CT molecular complexity index is 478. The molecule has 0 aliphatic heterocycles. The maximum atomic E-state index is 5.97. The van der Waals surface area contributed by atoms with Crippen LogP contribution in [0.4, 0.5) is 5.82 Å². The molecule has 3 nitrogen and oxygen atoms in total. The zero-order valence-corrected chi connectivity index (χ0v) is 10.3. The summed E-state index contributed by atoms with van der Waals surface area (Å²) in [5.74, 6) is 0.999. The molecule has 16 heavy (non-hydrogen) atoms. The van der Waals surface area contributed by atoms with E-state index in [0.29, 0.717) is 6.04 Å². The van der Waals surface area contributed by atoms with E-state index in [4.69, 9.17) is 11.6 Å². The van der Waals surface area contributed by atoms with Crippen LogP contribution in [0, 0.1) is 0 Å². The summed E-state index contributed by atoms with van der Waals surface area (Å²) in [6, 6.07) is 4.21. The fourth-order valence-electron chi connectivity index (χ4n) is 1.82. The average Bonchev–Trinajstić information content (AvgIpc) is 2.61. The smallest absolute Gasteiger partial charge is 0.138 e. The van der Waals surface area contributed by atoms with Crippen LogP contribution in [-0.4, -0.2) is 15.4 Å². The lowest BCUT2D eigenvalue weighted by Gasteiger charge is -2.13. The number of hydrogen-bond donors (Lipinski definition) is 1. The van der Waals surface area contributed by atoms with Gasteiger partial charge in [0.1, 0.15) is 11.5 Å². The molecule has 0 saturated heterocycles. The van der Waals surface area contributed by atoms with Crippen LogP contribution in [0.25, 0.3) is 5.65 Å². The van der Waals surface area contributed by atoms with Crippen molar-refractivity contribution >= 4 is 23.1 Å². The van der Waals surface area contributed by atoms with E-state index in [2.05, 4.69) is 24.1 Å². The first kappa shape index (κ1) is 11.3. The van der Waals surface area contributed by atoms with E-state index < -0.39 is 0 Å². The molecule has 4 heteroatoms. The summed E-state index contributed by atoms with van der Waals surface area (Å²) in [5.41, 5.74) is 0.913. The Morgan fingerprint density at radius 1 is 1.50 bits per heavy atom. The van der Waals surface area contributed by atoms with Gasteiger partial charge in [0.15, 0.2) is 0 Å². The molecule has 0 bridgehead atoms. The second-order valence-electron chi connectivity index (χ2n) is 4.05. The predicted molar refractivity (Wildman–Crippen MR) is 68.2 cm³/mol. The van der Waals surface area contributed by atoms with Crippen LogP contribution in [0.1, 0.15) is 26.7 Å². The van der Waals surface area contributed by atoms with Crippen molar-refractivity contribution in [2.24, 2.45) is 0 Å². The number of aromatic nitrogens is 2. The summed E-state index contributed by atoms with van der Waals surface area (Å²) in [7, 11) is 0. The van der Waals surface area contributed by atoms with Crippen LogP contribution in [-0.2, 0) is 0 Å². The lowest BCUT2D eigenvalue weighted by Crippen LogP contribution is -2.15. The zero-order chi connectivity index (χ0) is 11.5. The van der Waals surface area contributed by atoms with Gasteiger partial charge in [-0.2, -0.15) is 0 Å². The number of pyridine rings is 1. The van der Waals surface area contributed by atoms with Crippen molar-refractivity contribution in [3.8, 4) is 0 Å². The van der Waals surface area contributed by atoms with Crippen LogP contribution >= 0.6 is 11.6 Å². The molecular formula is C12H16ClN3. The summed E-state index contributed by atoms with van der Waals surface area (Å²) in [5, 5.41) is 4.15. The number of nitrogens with zero attached hydrogens (tertiary/aromatic N) is 2. The Kier molecular flexibility index (Phi) is 3.34. The topological polar surface area (TPSA) is 29.3 Å². The van der Waals surface area contributed by atoms with Gasteiger partial charge in [-0.1, -0.05) is 24.9 Å². The largest absolute Gasteiger partial charge is 0.367 e. The quantitative estimate of drug-likeness (QED) is 0.881. The molecule has 2 rings (SSSR count). The minimum Gasteiger partial charge on any atom is -0.367 e. The summed E-state index contributed by atoms with van der Waals surface area (Å²) in [6.07, 6.45) is 6.04. The van der Waals surface area contributed by atoms with E-state index in [1.165, 1.54) is 6.42 Å². The van der Waals surface area contributed by atoms with E-state index in [9.17, 15) is 0 Å². The van der Waals surface area contributed by atoms with Crippen LogP contribution in [0.15, 0.2) is 24.5 Å². The highest BCUT2D eigenvalue weighted by atomic mass is 35.5. The maximum absolute atomic E-state index is 5.97. The summed E-state index contributed by atoms with van der Waals surface area (Å²) in [6.45, 7) is 4.36. The molecule has 2 aromatic heterocycles. The third kappa shape index (κ3) is 2.30. The fraction of sp³-hybridized carbons (Fsp3) is 0.417. The van der Waals surface area contributed by atoms with E-state index in [1.807, 2.05) is 28.9 Å². The Labute approximate surface area is 100 Å². The molecule has 2 aromatic rings. The molecule has 0 radical (unpaired) electrons. The van der Waals surface area contributed by atoms with Gasteiger partial charge >= 0.3 is 0 Å². The second-order valence-corrected chi connectivity index (χ2v) is 4.49. The van der Waals surface area contributed by atoms with Gasteiger partial charge in [0, 0.05) is 12.2 Å². The molecule has 1 unspecified atom stereocenters. The number of fused-ring (bicyclic) bond motifs is 1. The minimum absolute atomic E-state index is 0.448. The fourth-order valence-corrected chi connectivity index (χ4v) is 1.98. The van der Waals surface area contributed by atoms with Crippen molar-refractivity contribution in [1.29, 1.82) is 0 Å². The Morgan fingerprint density at radius 3 is 3.06 bits per heavy atom. The van der Waals surface area contributed by atoms with E-state index in [1.54, 1.807) is 0 Å². The van der Waals surface area contributed by atoms with Crippen molar-refractivity contribution in [2.45, 2.75) is 32.7 Å². The summed E-state index contributed by atoms with van der Waals surface area (Å²) < 4.78 is 1.98. The SMILES string of the molecule is CCCC(C)Nc1cnc2ccc(Cl)cn12. The lowest BCUT2D eigenvalue weighted by atomic mass is 10.2. The normalized spacial score (nSPS) is 12.9. The highest BCUT2D eigenvalue weighted by molar-refractivity contribution is 6.30. The molecule has 0 aliphatic rings. The molecule has 0 aliphatic carbocycles. The van der Waals surface area contributed by atoms with Crippen LogP contribution < -0.4 is 5.32 Å². The molecule has 0 amide bonds. The van der Waals surface area contributed by atoms with Crippen molar-refractivity contribution < 1.29 is 0 Å². The predicted octanol–water partition coefficient (Wildman–Crippen LogP) is 3.59. The Hall–Kier alpha value is -1.22. The third-order valence-corrected chi connectivity index (χ3v) is 2.81. The highest BCUT2D eigenvalue weighted by Gasteiger charge is 2.06. The molecule has 2 heterocycles. The molecule has 86 valence electrons. The lowest BCUT2D eigenvalue weighted by molar-refractivity contribution is 0.686. The van der Waals surface area contributed by atoms with Gasteiger partial charge < -0.3 is 5.32 Å². The molecule has 0 spiro atoms. The molecule has 0 aromatic carbocycles. The van der Waals surface area contributed by atoms with Crippen molar-refractivity contribution in [3.05, 3.63) is 29.5 Å². The first-order valence-corrected chi connectivity index (χ1v) is 5.97. The van der Waals surface area contributed by atoms with E-state index >= 15 is 0 Å². The first-order valence-electron chi connectivity index (χ1n) is 5.60. The molecule has 0 fully saturated rings. The number of anilines is 1.